The van der Waals surface area contributed by atoms with E-state index in [1.54, 1.807) is 27.7 Å². The Morgan fingerprint density at radius 2 is 1.78 bits per heavy atom. The van der Waals surface area contributed by atoms with Gasteiger partial charge in [-0.1, -0.05) is 11.8 Å². The van der Waals surface area contributed by atoms with E-state index in [-0.39, 0.29) is 5.97 Å². The van der Waals surface area contributed by atoms with E-state index in [2.05, 4.69) is 24.1 Å². The van der Waals surface area contributed by atoms with Crippen molar-refractivity contribution in [2.75, 3.05) is 6.61 Å². The predicted molar refractivity (Wildman–Crippen MR) is 68.2 cm³/mol. The summed E-state index contributed by atoms with van der Waals surface area (Å²) >= 11 is -2.50. The molecule has 0 amide bonds. The highest BCUT2D eigenvalue weighted by Gasteiger charge is 2.19. The third-order valence-electron chi connectivity index (χ3n) is 1.42. The minimum absolute atomic E-state index is 0.231. The molecule has 0 bridgehead atoms. The molecule has 0 aromatic rings. The maximum absolute atomic E-state index is 9.30. The smallest absolute Gasteiger partial charge is 0.756 e. The third-order valence-corrected chi connectivity index (χ3v) is 2.60. The molecular formula is C12H16AlO5. The first-order chi connectivity index (χ1) is 8.63. The Kier molecular flexibility index (Phi) is 9.41. The number of hydrogen-bond donors (Lipinski definition) is 0. The Hall–Kier alpha value is -1.74. The largest absolute Gasteiger partial charge is 0.863 e. The third kappa shape index (κ3) is 8.42. The summed E-state index contributed by atoms with van der Waals surface area (Å²) in [5.41, 5.74) is 0. The second-order valence-corrected chi connectivity index (χ2v) is 4.16. The van der Waals surface area contributed by atoms with Crippen LogP contribution < -0.4 is 0 Å². The Morgan fingerprint density at radius 1 is 1.22 bits per heavy atom. The summed E-state index contributed by atoms with van der Waals surface area (Å²) in [7, 11) is 0. The SMILES string of the molecule is CC#C[O][Al-]([O]C#CC)[O]/C(C)=C\C(=[OH+])OCC. The molecule has 0 aliphatic heterocycles. The molecule has 0 atom stereocenters. The van der Waals surface area contributed by atoms with Crippen molar-refractivity contribution in [1.82, 2.24) is 0 Å². The number of allylic oxidation sites excluding steroid dienone is 1. The van der Waals surface area contributed by atoms with E-state index in [0.717, 1.165) is 0 Å². The fraction of sp³-hybridized carbons (Fsp3) is 0.417. The highest BCUT2D eigenvalue weighted by Crippen LogP contribution is 2.02. The molecule has 0 aromatic heterocycles. The summed E-state index contributed by atoms with van der Waals surface area (Å²) in [5, 5.41) is 0. The molecule has 0 rings (SSSR count). The van der Waals surface area contributed by atoms with Crippen LogP contribution in [0, 0.1) is 24.1 Å². The van der Waals surface area contributed by atoms with E-state index in [1.165, 1.54) is 6.08 Å². The van der Waals surface area contributed by atoms with Gasteiger partial charge >= 0.3 is 21.1 Å². The zero-order valence-electron chi connectivity index (χ0n) is 10.9. The molecular weight excluding hydrogens is 251 g/mol. The molecule has 0 unspecified atom stereocenters. The van der Waals surface area contributed by atoms with Gasteiger partial charge < -0.3 is 20.9 Å². The van der Waals surface area contributed by atoms with Crippen LogP contribution in [0.1, 0.15) is 27.7 Å². The van der Waals surface area contributed by atoms with Gasteiger partial charge in [0, 0.05) is 31.8 Å². The fourth-order valence-corrected chi connectivity index (χ4v) is 1.78. The standard InChI is InChI=1S/C6H10O3.2C3H4O.Al/c1-3-9-6(8)4-5(2)7;2*1-2-3-4;/h4,7H,3H2,1-2H3;2*4H,1H3;/q;;;+2/p-2/b5-4-;;;. The highest BCUT2D eigenvalue weighted by molar-refractivity contribution is 6.37. The number of ether oxygens (including phenoxy) is 1. The maximum atomic E-state index is 9.30. The molecule has 1 radical (unpaired) electrons. The van der Waals surface area contributed by atoms with Crippen molar-refractivity contribution < 1.29 is 20.9 Å². The van der Waals surface area contributed by atoms with Crippen LogP contribution in [-0.4, -0.2) is 32.5 Å². The van der Waals surface area contributed by atoms with Crippen molar-refractivity contribution in [2.24, 2.45) is 0 Å². The van der Waals surface area contributed by atoms with Crippen molar-refractivity contribution in [3.8, 4) is 24.1 Å². The van der Waals surface area contributed by atoms with Gasteiger partial charge in [0.1, 0.15) is 6.08 Å². The maximum Gasteiger partial charge on any atom is 0.863 e. The van der Waals surface area contributed by atoms with Crippen LogP contribution in [0.25, 0.3) is 0 Å². The van der Waals surface area contributed by atoms with E-state index >= 15 is 0 Å². The Morgan fingerprint density at radius 3 is 2.22 bits per heavy atom. The van der Waals surface area contributed by atoms with Crippen molar-refractivity contribution in [3.63, 3.8) is 0 Å². The van der Waals surface area contributed by atoms with Crippen LogP contribution in [-0.2, 0) is 16.1 Å². The van der Waals surface area contributed by atoms with Gasteiger partial charge in [-0.2, -0.15) is 0 Å². The molecule has 0 spiro atoms. The lowest BCUT2D eigenvalue weighted by Gasteiger charge is -2.24. The summed E-state index contributed by atoms with van der Waals surface area (Å²) in [6.07, 6.45) is 6.14. The van der Waals surface area contributed by atoms with Gasteiger partial charge in [0.15, 0.2) is 6.61 Å². The van der Waals surface area contributed by atoms with Crippen LogP contribution in [0.4, 0.5) is 0 Å². The summed E-state index contributed by atoms with van der Waals surface area (Å²) in [6, 6.07) is 0. The number of hydrogen-bond acceptors (Lipinski definition) is 4. The zero-order chi connectivity index (χ0) is 13.8. The minimum Gasteiger partial charge on any atom is -0.756 e. The van der Waals surface area contributed by atoms with Gasteiger partial charge in [0.05, 0.1) is 0 Å². The fourth-order valence-electron chi connectivity index (χ4n) is 0.835. The van der Waals surface area contributed by atoms with Gasteiger partial charge in [-0.3, -0.25) is 0 Å². The predicted octanol–water partition coefficient (Wildman–Crippen LogP) is 1.43. The summed E-state index contributed by atoms with van der Waals surface area (Å²) < 4.78 is 20.3. The second kappa shape index (κ2) is 10.4. The van der Waals surface area contributed by atoms with E-state index in [0.29, 0.717) is 12.4 Å². The summed E-state index contributed by atoms with van der Waals surface area (Å²) in [6.45, 7) is 7.03. The summed E-state index contributed by atoms with van der Waals surface area (Å²) in [4.78, 5) is 9.30. The van der Waals surface area contributed by atoms with Gasteiger partial charge in [-0.05, 0) is 13.8 Å². The molecule has 0 fully saturated rings. The van der Waals surface area contributed by atoms with Crippen molar-refractivity contribution in [2.45, 2.75) is 27.7 Å². The Balaban J connectivity index is 4.46. The van der Waals surface area contributed by atoms with Crippen LogP contribution in [0.5, 0.6) is 0 Å². The van der Waals surface area contributed by atoms with Gasteiger partial charge in [-0.15, -0.1) is 0 Å². The van der Waals surface area contributed by atoms with Crippen LogP contribution in [0.2, 0.25) is 0 Å². The molecule has 0 aliphatic carbocycles. The molecule has 0 aliphatic rings. The van der Waals surface area contributed by atoms with Crippen molar-refractivity contribution in [1.29, 1.82) is 0 Å². The molecule has 0 saturated heterocycles. The lowest BCUT2D eigenvalue weighted by molar-refractivity contribution is 0.227. The van der Waals surface area contributed by atoms with Gasteiger partial charge in [-0.25, -0.2) is 0 Å². The first-order valence-electron chi connectivity index (χ1n) is 5.32. The van der Waals surface area contributed by atoms with E-state index in [1.807, 2.05) is 0 Å². The molecule has 18 heavy (non-hydrogen) atoms. The van der Waals surface area contributed by atoms with Gasteiger partial charge in [0.2, 0.25) is 0 Å². The minimum atomic E-state index is -2.50. The van der Waals surface area contributed by atoms with Crippen LogP contribution in [0.3, 0.4) is 0 Å². The molecule has 6 heteroatoms. The summed E-state index contributed by atoms with van der Waals surface area (Å²) in [5.74, 6) is 5.30. The first-order valence-corrected chi connectivity index (χ1v) is 6.73. The quantitative estimate of drug-likeness (QED) is 0.182. The van der Waals surface area contributed by atoms with E-state index in [4.69, 9.17) is 16.1 Å². The molecule has 97 valence electrons. The number of carbonyl (C=O) groups excluding carboxylic acids is 1. The van der Waals surface area contributed by atoms with E-state index in [9.17, 15) is 4.79 Å². The van der Waals surface area contributed by atoms with Gasteiger partial charge in [0.25, 0.3) is 0 Å². The molecule has 5 nitrogen and oxygen atoms in total. The number of rotatable bonds is 6. The van der Waals surface area contributed by atoms with E-state index < -0.39 is 15.1 Å². The molecule has 1 N–H and O–H groups in total. The Bertz CT molecular complexity index is 386. The van der Waals surface area contributed by atoms with Crippen LogP contribution in [0.15, 0.2) is 11.8 Å². The topological polar surface area (TPSA) is 58.3 Å². The second-order valence-electron chi connectivity index (χ2n) is 2.87. The lowest BCUT2D eigenvalue weighted by Crippen LogP contribution is -2.23. The lowest BCUT2D eigenvalue weighted by atomic mass is 10.5. The monoisotopic (exact) mass is 267 g/mol. The van der Waals surface area contributed by atoms with Crippen molar-refractivity contribution in [3.05, 3.63) is 11.8 Å². The first kappa shape index (κ1) is 16.3. The number of esters is 1. The Labute approximate surface area is 112 Å². The normalized spacial score (nSPS) is 9.50. The van der Waals surface area contributed by atoms with Crippen LogP contribution >= 0.6 is 0 Å². The average molecular weight is 267 g/mol. The molecule has 0 aromatic carbocycles. The zero-order valence-corrected chi connectivity index (χ0v) is 12.1. The molecule has 0 saturated carbocycles. The molecule has 0 heterocycles. The highest BCUT2D eigenvalue weighted by atomic mass is 27.3. The average Bonchev–Trinajstić information content (AvgIpc) is 2.32. The van der Waals surface area contributed by atoms with Crippen molar-refractivity contribution >= 4 is 21.1 Å².